The van der Waals surface area contributed by atoms with Crippen molar-refractivity contribution in [3.8, 4) is 11.5 Å². The number of ether oxygens (including phenoxy) is 2. The molecule has 17 heavy (non-hydrogen) atoms. The van der Waals surface area contributed by atoms with Crippen LogP contribution in [0, 0.1) is 5.82 Å². The Morgan fingerprint density at radius 1 is 1.29 bits per heavy atom. The average Bonchev–Trinajstić information content (AvgIpc) is 2.26. The minimum absolute atomic E-state index is 0.316. The van der Waals surface area contributed by atoms with Crippen LogP contribution in [-0.4, -0.2) is 13.2 Å². The first kappa shape index (κ1) is 11.3. The molecule has 0 aromatic heterocycles. The molecule has 1 heterocycles. The zero-order chi connectivity index (χ0) is 12.0. The summed E-state index contributed by atoms with van der Waals surface area (Å²) in [5.41, 5.74) is 6.16. The van der Waals surface area contributed by atoms with Gasteiger partial charge in [0.05, 0.1) is 4.47 Å². The van der Waals surface area contributed by atoms with E-state index in [9.17, 15) is 4.39 Å². The van der Waals surface area contributed by atoms with Crippen molar-refractivity contribution in [2.75, 3.05) is 13.2 Å². The van der Waals surface area contributed by atoms with E-state index in [1.165, 1.54) is 6.07 Å². The third kappa shape index (κ3) is 1.64. The van der Waals surface area contributed by atoms with Crippen molar-refractivity contribution < 1.29 is 13.9 Å². The SMILES string of the molecule is NC1(c2c(F)cc3c(c2Br)OCCO3)CCC1. The molecule has 0 atom stereocenters. The summed E-state index contributed by atoms with van der Waals surface area (Å²) in [4.78, 5) is 0. The van der Waals surface area contributed by atoms with E-state index in [2.05, 4.69) is 15.9 Å². The van der Waals surface area contributed by atoms with Gasteiger partial charge in [0.2, 0.25) is 0 Å². The predicted molar refractivity (Wildman–Crippen MR) is 64.8 cm³/mol. The van der Waals surface area contributed by atoms with Gasteiger partial charge in [0, 0.05) is 17.2 Å². The molecule has 1 fully saturated rings. The maximum absolute atomic E-state index is 14.1. The smallest absolute Gasteiger partial charge is 0.176 e. The molecule has 2 aliphatic rings. The van der Waals surface area contributed by atoms with Gasteiger partial charge in [-0.05, 0) is 35.2 Å². The van der Waals surface area contributed by atoms with E-state index in [1.54, 1.807) is 0 Å². The lowest BCUT2D eigenvalue weighted by molar-refractivity contribution is 0.166. The summed E-state index contributed by atoms with van der Waals surface area (Å²) in [5.74, 6) is 0.708. The Kier molecular flexibility index (Phi) is 2.56. The monoisotopic (exact) mass is 301 g/mol. The van der Waals surface area contributed by atoms with Crippen molar-refractivity contribution in [2.45, 2.75) is 24.8 Å². The Bertz CT molecular complexity index is 474. The van der Waals surface area contributed by atoms with Crippen molar-refractivity contribution >= 4 is 15.9 Å². The second-order valence-corrected chi connectivity index (χ2v) is 5.37. The number of rotatable bonds is 1. The molecule has 1 aliphatic heterocycles. The topological polar surface area (TPSA) is 44.5 Å². The lowest BCUT2D eigenvalue weighted by Crippen LogP contribution is -2.44. The zero-order valence-corrected chi connectivity index (χ0v) is 10.8. The summed E-state index contributed by atoms with van der Waals surface area (Å²) in [6.45, 7) is 0.931. The molecule has 1 aliphatic carbocycles. The maximum atomic E-state index is 14.1. The summed E-state index contributed by atoms with van der Waals surface area (Å²) < 4.78 is 25.6. The number of benzene rings is 1. The van der Waals surface area contributed by atoms with E-state index in [0.717, 1.165) is 19.3 Å². The van der Waals surface area contributed by atoms with E-state index in [-0.39, 0.29) is 5.82 Å². The molecule has 0 spiro atoms. The fourth-order valence-corrected chi connectivity index (χ4v) is 3.27. The molecule has 5 heteroatoms. The summed E-state index contributed by atoms with van der Waals surface area (Å²) in [6, 6.07) is 1.38. The highest BCUT2D eigenvalue weighted by atomic mass is 79.9. The van der Waals surface area contributed by atoms with Gasteiger partial charge in [0.15, 0.2) is 11.5 Å². The molecule has 0 amide bonds. The van der Waals surface area contributed by atoms with Crippen molar-refractivity contribution in [1.29, 1.82) is 0 Å². The van der Waals surface area contributed by atoms with Crippen LogP contribution in [0.3, 0.4) is 0 Å². The third-order valence-corrected chi connectivity index (χ3v) is 4.23. The number of hydrogen-bond donors (Lipinski definition) is 1. The average molecular weight is 302 g/mol. The third-order valence-electron chi connectivity index (χ3n) is 3.47. The first-order valence-corrected chi connectivity index (χ1v) is 6.48. The van der Waals surface area contributed by atoms with Crippen LogP contribution in [0.15, 0.2) is 10.5 Å². The summed E-state index contributed by atoms with van der Waals surface area (Å²) in [7, 11) is 0. The fourth-order valence-electron chi connectivity index (χ4n) is 2.38. The van der Waals surface area contributed by atoms with E-state index in [4.69, 9.17) is 15.2 Å². The lowest BCUT2D eigenvalue weighted by atomic mass is 9.72. The van der Waals surface area contributed by atoms with E-state index < -0.39 is 5.54 Å². The van der Waals surface area contributed by atoms with Gasteiger partial charge in [-0.15, -0.1) is 0 Å². The molecule has 0 unspecified atom stereocenters. The van der Waals surface area contributed by atoms with E-state index in [1.807, 2.05) is 0 Å². The van der Waals surface area contributed by atoms with E-state index in [0.29, 0.717) is 34.7 Å². The first-order chi connectivity index (χ1) is 8.12. The summed E-state index contributed by atoms with van der Waals surface area (Å²) >= 11 is 3.40. The lowest BCUT2D eigenvalue weighted by Gasteiger charge is -2.40. The van der Waals surface area contributed by atoms with Crippen molar-refractivity contribution in [2.24, 2.45) is 5.73 Å². The van der Waals surface area contributed by atoms with Crippen LogP contribution in [0.2, 0.25) is 0 Å². The van der Waals surface area contributed by atoms with E-state index >= 15 is 0 Å². The quantitative estimate of drug-likeness (QED) is 0.867. The minimum Gasteiger partial charge on any atom is -0.486 e. The van der Waals surface area contributed by atoms with Crippen LogP contribution in [0.5, 0.6) is 11.5 Å². The second-order valence-electron chi connectivity index (χ2n) is 4.58. The molecule has 1 aromatic rings. The predicted octanol–water partition coefficient (Wildman–Crippen LogP) is 2.70. The normalized spacial score (nSPS) is 20.9. The maximum Gasteiger partial charge on any atom is 0.176 e. The second kappa shape index (κ2) is 3.85. The van der Waals surface area contributed by atoms with Gasteiger partial charge >= 0.3 is 0 Å². The van der Waals surface area contributed by atoms with Gasteiger partial charge in [-0.25, -0.2) is 4.39 Å². The summed E-state index contributed by atoms with van der Waals surface area (Å²) in [6.07, 6.45) is 2.65. The molecule has 0 radical (unpaired) electrons. The van der Waals surface area contributed by atoms with Gasteiger partial charge in [-0.3, -0.25) is 0 Å². The molecular formula is C12H13BrFNO2. The molecule has 3 rings (SSSR count). The first-order valence-electron chi connectivity index (χ1n) is 5.69. The van der Waals surface area contributed by atoms with Crippen LogP contribution in [0.1, 0.15) is 24.8 Å². The molecule has 2 N–H and O–H groups in total. The standard InChI is InChI=1S/C12H13BrFNO2/c13-10-9(12(15)2-1-3-12)7(14)6-8-11(10)17-5-4-16-8/h6H,1-5,15H2. The molecule has 0 saturated heterocycles. The Labute approximate surface area is 107 Å². The van der Waals surface area contributed by atoms with Gasteiger partial charge in [-0.1, -0.05) is 0 Å². The van der Waals surface area contributed by atoms with Crippen LogP contribution < -0.4 is 15.2 Å². The van der Waals surface area contributed by atoms with Crippen LogP contribution in [0.25, 0.3) is 0 Å². The van der Waals surface area contributed by atoms with Crippen LogP contribution in [-0.2, 0) is 5.54 Å². The number of fused-ring (bicyclic) bond motifs is 1. The Hall–Kier alpha value is -0.810. The Balaban J connectivity index is 2.15. The molecule has 0 bridgehead atoms. The molecule has 1 saturated carbocycles. The Morgan fingerprint density at radius 2 is 2.00 bits per heavy atom. The van der Waals surface area contributed by atoms with Crippen LogP contribution >= 0.6 is 15.9 Å². The molecule has 3 nitrogen and oxygen atoms in total. The minimum atomic E-state index is -0.557. The molecular weight excluding hydrogens is 289 g/mol. The highest BCUT2D eigenvalue weighted by Gasteiger charge is 2.40. The summed E-state index contributed by atoms with van der Waals surface area (Å²) in [5, 5.41) is 0. The van der Waals surface area contributed by atoms with Gasteiger partial charge in [0.1, 0.15) is 19.0 Å². The highest BCUT2D eigenvalue weighted by molar-refractivity contribution is 9.10. The fraction of sp³-hybridized carbons (Fsp3) is 0.500. The van der Waals surface area contributed by atoms with Gasteiger partial charge < -0.3 is 15.2 Å². The number of nitrogens with two attached hydrogens (primary N) is 1. The van der Waals surface area contributed by atoms with Gasteiger partial charge in [0.25, 0.3) is 0 Å². The number of halogens is 2. The van der Waals surface area contributed by atoms with Gasteiger partial charge in [-0.2, -0.15) is 0 Å². The van der Waals surface area contributed by atoms with Crippen LogP contribution in [0.4, 0.5) is 4.39 Å². The highest BCUT2D eigenvalue weighted by Crippen LogP contribution is 2.49. The molecule has 92 valence electrons. The largest absolute Gasteiger partial charge is 0.486 e. The van der Waals surface area contributed by atoms with Crippen molar-refractivity contribution in [3.05, 3.63) is 21.9 Å². The zero-order valence-electron chi connectivity index (χ0n) is 9.26. The van der Waals surface area contributed by atoms with Crippen molar-refractivity contribution in [1.82, 2.24) is 0 Å². The van der Waals surface area contributed by atoms with Crippen molar-refractivity contribution in [3.63, 3.8) is 0 Å². The Morgan fingerprint density at radius 3 is 2.65 bits per heavy atom. The molecule has 1 aromatic carbocycles. The number of hydrogen-bond acceptors (Lipinski definition) is 3.